The molecule has 0 aliphatic rings. The van der Waals surface area contributed by atoms with Gasteiger partial charge in [-0.3, -0.25) is 0 Å². The van der Waals surface area contributed by atoms with Crippen molar-refractivity contribution in [1.82, 2.24) is 10.1 Å². The topological polar surface area (TPSA) is 64.9 Å². The lowest BCUT2D eigenvalue weighted by atomic mass is 9.97. The second-order valence-electron chi connectivity index (χ2n) is 5.35. The number of rotatable bonds is 2. The summed E-state index contributed by atoms with van der Waals surface area (Å²) < 4.78 is 18.9. The van der Waals surface area contributed by atoms with Crippen LogP contribution in [0.3, 0.4) is 0 Å². The fourth-order valence-electron chi connectivity index (χ4n) is 1.56. The van der Waals surface area contributed by atoms with Gasteiger partial charge >= 0.3 is 0 Å². The van der Waals surface area contributed by atoms with Crippen molar-refractivity contribution in [3.63, 3.8) is 0 Å². The van der Waals surface area contributed by atoms with Crippen LogP contribution >= 0.6 is 11.6 Å². The van der Waals surface area contributed by atoms with Crippen LogP contribution in [0.15, 0.2) is 22.7 Å². The van der Waals surface area contributed by atoms with Gasteiger partial charge in [-0.25, -0.2) is 4.39 Å². The SMILES string of the molecule is CC(C)(C)c1nc(C(N)c2ccc(Cl)cc2F)no1. The van der Waals surface area contributed by atoms with Crippen LogP contribution in [-0.2, 0) is 5.41 Å². The van der Waals surface area contributed by atoms with E-state index < -0.39 is 11.9 Å². The molecule has 1 atom stereocenters. The normalized spacial score (nSPS) is 13.6. The largest absolute Gasteiger partial charge is 0.339 e. The van der Waals surface area contributed by atoms with E-state index in [-0.39, 0.29) is 16.8 Å². The van der Waals surface area contributed by atoms with E-state index in [1.54, 1.807) is 6.07 Å². The first-order valence-electron chi connectivity index (χ1n) is 5.83. The maximum Gasteiger partial charge on any atom is 0.232 e. The summed E-state index contributed by atoms with van der Waals surface area (Å²) in [6.45, 7) is 5.83. The molecule has 6 heteroatoms. The number of halogens is 2. The van der Waals surface area contributed by atoms with Crippen molar-refractivity contribution >= 4 is 11.6 Å². The average molecular weight is 284 g/mol. The van der Waals surface area contributed by atoms with E-state index in [0.717, 1.165) is 0 Å². The first kappa shape index (κ1) is 14.0. The summed E-state index contributed by atoms with van der Waals surface area (Å²) in [7, 11) is 0. The molecule has 1 aromatic carbocycles. The molecule has 4 nitrogen and oxygen atoms in total. The molecular formula is C13H15ClFN3O. The number of hydrogen-bond acceptors (Lipinski definition) is 4. The molecule has 19 heavy (non-hydrogen) atoms. The summed E-state index contributed by atoms with van der Waals surface area (Å²) in [6.07, 6.45) is 0. The van der Waals surface area contributed by atoms with Gasteiger partial charge in [0.1, 0.15) is 5.82 Å². The molecule has 0 fully saturated rings. The highest BCUT2D eigenvalue weighted by Crippen LogP contribution is 2.25. The zero-order valence-electron chi connectivity index (χ0n) is 10.9. The second-order valence-corrected chi connectivity index (χ2v) is 5.79. The first-order valence-corrected chi connectivity index (χ1v) is 6.21. The molecule has 0 bridgehead atoms. The highest BCUT2D eigenvalue weighted by Gasteiger charge is 2.25. The monoisotopic (exact) mass is 283 g/mol. The van der Waals surface area contributed by atoms with Crippen LogP contribution < -0.4 is 5.73 Å². The molecular weight excluding hydrogens is 269 g/mol. The highest BCUT2D eigenvalue weighted by atomic mass is 35.5. The number of aromatic nitrogens is 2. The van der Waals surface area contributed by atoms with Crippen LogP contribution in [0.25, 0.3) is 0 Å². The van der Waals surface area contributed by atoms with Gasteiger partial charge in [0.25, 0.3) is 0 Å². The van der Waals surface area contributed by atoms with Crippen molar-refractivity contribution in [2.24, 2.45) is 5.73 Å². The van der Waals surface area contributed by atoms with Gasteiger partial charge in [-0.2, -0.15) is 4.98 Å². The van der Waals surface area contributed by atoms with Crippen molar-refractivity contribution in [1.29, 1.82) is 0 Å². The van der Waals surface area contributed by atoms with Gasteiger partial charge in [0.2, 0.25) is 5.89 Å². The van der Waals surface area contributed by atoms with E-state index in [2.05, 4.69) is 10.1 Å². The second kappa shape index (κ2) is 4.90. The Morgan fingerprint density at radius 2 is 2.05 bits per heavy atom. The molecule has 0 aliphatic heterocycles. The summed E-state index contributed by atoms with van der Waals surface area (Å²) in [5.41, 5.74) is 5.96. The highest BCUT2D eigenvalue weighted by molar-refractivity contribution is 6.30. The van der Waals surface area contributed by atoms with Gasteiger partial charge in [0.15, 0.2) is 5.82 Å². The molecule has 1 unspecified atom stereocenters. The van der Waals surface area contributed by atoms with Crippen molar-refractivity contribution in [3.05, 3.63) is 46.3 Å². The first-order chi connectivity index (χ1) is 8.79. The number of nitrogens with zero attached hydrogens (tertiary/aromatic N) is 2. The van der Waals surface area contributed by atoms with Crippen molar-refractivity contribution in [3.8, 4) is 0 Å². The zero-order valence-corrected chi connectivity index (χ0v) is 11.7. The number of nitrogens with two attached hydrogens (primary N) is 1. The lowest BCUT2D eigenvalue weighted by Crippen LogP contribution is -2.16. The molecule has 2 aromatic rings. The third-order valence-corrected chi connectivity index (χ3v) is 2.89. The molecule has 2 N–H and O–H groups in total. The summed E-state index contributed by atoms with van der Waals surface area (Å²) in [4.78, 5) is 4.22. The third kappa shape index (κ3) is 2.93. The Bertz CT molecular complexity index is 592. The smallest absolute Gasteiger partial charge is 0.232 e. The van der Waals surface area contributed by atoms with Crippen molar-refractivity contribution < 1.29 is 8.91 Å². The predicted octanol–water partition coefficient (Wildman–Crippen LogP) is 3.21. The van der Waals surface area contributed by atoms with Gasteiger partial charge in [-0.05, 0) is 12.1 Å². The summed E-state index contributed by atoms with van der Waals surface area (Å²) in [5.74, 6) is 0.237. The minimum absolute atomic E-state index is 0.256. The van der Waals surface area contributed by atoms with Gasteiger partial charge in [0, 0.05) is 16.0 Å². The minimum Gasteiger partial charge on any atom is -0.339 e. The van der Waals surface area contributed by atoms with Gasteiger partial charge in [-0.15, -0.1) is 0 Å². The number of benzene rings is 1. The Morgan fingerprint density at radius 3 is 2.58 bits per heavy atom. The fourth-order valence-corrected chi connectivity index (χ4v) is 1.72. The molecule has 0 amide bonds. The summed E-state index contributed by atoms with van der Waals surface area (Å²) in [6, 6.07) is 3.53. The van der Waals surface area contributed by atoms with E-state index in [1.807, 2.05) is 20.8 Å². The van der Waals surface area contributed by atoms with Crippen LogP contribution in [-0.4, -0.2) is 10.1 Å². The van der Waals surface area contributed by atoms with E-state index >= 15 is 0 Å². The van der Waals surface area contributed by atoms with E-state index in [0.29, 0.717) is 10.9 Å². The zero-order chi connectivity index (χ0) is 14.2. The maximum atomic E-state index is 13.8. The van der Waals surface area contributed by atoms with Crippen LogP contribution in [0.4, 0.5) is 4.39 Å². The quantitative estimate of drug-likeness (QED) is 0.919. The molecule has 2 rings (SSSR count). The lowest BCUT2D eigenvalue weighted by molar-refractivity contribution is 0.317. The van der Waals surface area contributed by atoms with Gasteiger partial charge in [0.05, 0.1) is 6.04 Å². The summed E-state index contributed by atoms with van der Waals surface area (Å²) in [5, 5.41) is 4.13. The van der Waals surface area contributed by atoms with Gasteiger partial charge in [-0.1, -0.05) is 43.6 Å². The Hall–Kier alpha value is -1.46. The fraction of sp³-hybridized carbons (Fsp3) is 0.385. The standard InChI is InChI=1S/C13H15ClFN3O/c1-13(2,3)12-17-11(18-19-12)10(16)8-5-4-7(14)6-9(8)15/h4-6,10H,16H2,1-3H3. The van der Waals surface area contributed by atoms with E-state index in [4.69, 9.17) is 21.9 Å². The third-order valence-electron chi connectivity index (χ3n) is 2.66. The van der Waals surface area contributed by atoms with Crippen molar-refractivity contribution in [2.75, 3.05) is 0 Å². The van der Waals surface area contributed by atoms with Gasteiger partial charge < -0.3 is 10.3 Å². The Kier molecular flexibility index (Phi) is 3.60. The maximum absolute atomic E-state index is 13.8. The molecule has 0 radical (unpaired) electrons. The Balaban J connectivity index is 2.34. The Labute approximate surface area is 115 Å². The van der Waals surface area contributed by atoms with Crippen LogP contribution in [0, 0.1) is 5.82 Å². The molecule has 0 spiro atoms. The molecule has 1 heterocycles. The lowest BCUT2D eigenvalue weighted by Gasteiger charge is -2.11. The molecule has 102 valence electrons. The van der Waals surface area contributed by atoms with Crippen LogP contribution in [0.2, 0.25) is 5.02 Å². The predicted molar refractivity (Wildman–Crippen MR) is 70.4 cm³/mol. The van der Waals surface area contributed by atoms with Crippen LogP contribution in [0.1, 0.15) is 44.1 Å². The van der Waals surface area contributed by atoms with Crippen LogP contribution in [0.5, 0.6) is 0 Å². The molecule has 0 saturated carbocycles. The summed E-state index contributed by atoms with van der Waals surface area (Å²) >= 11 is 5.70. The van der Waals surface area contributed by atoms with E-state index in [1.165, 1.54) is 12.1 Å². The van der Waals surface area contributed by atoms with Crippen molar-refractivity contribution in [2.45, 2.75) is 32.2 Å². The molecule has 1 aromatic heterocycles. The van der Waals surface area contributed by atoms with E-state index in [9.17, 15) is 4.39 Å². The number of hydrogen-bond donors (Lipinski definition) is 1. The Morgan fingerprint density at radius 1 is 1.37 bits per heavy atom. The minimum atomic E-state index is -0.780. The molecule has 0 aliphatic carbocycles. The average Bonchev–Trinajstić information content (AvgIpc) is 2.76. The molecule has 0 saturated heterocycles.